The van der Waals surface area contributed by atoms with Gasteiger partial charge in [0.25, 0.3) is 0 Å². The maximum Gasteiger partial charge on any atom is 0.308 e. The first-order valence-corrected chi connectivity index (χ1v) is 14.2. The van der Waals surface area contributed by atoms with Crippen molar-refractivity contribution in [3.63, 3.8) is 0 Å². The number of hydrogen-bond acceptors (Lipinski definition) is 7. The largest absolute Gasteiger partial charge is 0.497 e. The average molecular weight is 594 g/mol. The number of methoxy groups -OCH3 is 1. The fourth-order valence-electron chi connectivity index (χ4n) is 5.15. The molecule has 3 amide bonds. The number of nitrogens with zero attached hydrogens (tertiary/aromatic N) is 2. The Morgan fingerprint density at radius 3 is 2.17 bits per heavy atom. The lowest BCUT2D eigenvalue weighted by Gasteiger charge is -2.30. The number of carbonyl (C=O) groups is 3. The van der Waals surface area contributed by atoms with Gasteiger partial charge in [-0.25, -0.2) is 13.7 Å². The second kappa shape index (κ2) is 10.6. The van der Waals surface area contributed by atoms with Gasteiger partial charge >= 0.3 is 4.87 Å². The molecule has 6 rings (SSSR count). The van der Waals surface area contributed by atoms with Gasteiger partial charge in [-0.15, -0.1) is 0 Å². The summed E-state index contributed by atoms with van der Waals surface area (Å²) in [6.45, 7) is -0.354. The lowest BCUT2D eigenvalue weighted by atomic mass is 9.83. The molecule has 1 saturated heterocycles. The SMILES string of the molecule is COc1ccc(N2C(=O)C3Sc4c(sc(=O)n4CC(=O)Nc4ccc(F)cc4)[C@H](c4ccc(F)cc4)C3C2=O)cc1. The number of thioether (sulfide) groups is 1. The number of benzene rings is 3. The van der Waals surface area contributed by atoms with Crippen LogP contribution in [0.2, 0.25) is 0 Å². The minimum atomic E-state index is -0.882. The van der Waals surface area contributed by atoms with Crippen molar-refractivity contribution in [3.05, 3.63) is 105 Å². The third-order valence-corrected chi connectivity index (χ3v) is 9.64. The van der Waals surface area contributed by atoms with Crippen molar-refractivity contribution < 1.29 is 27.9 Å². The molecule has 3 aromatic carbocycles. The van der Waals surface area contributed by atoms with Gasteiger partial charge in [-0.05, 0) is 66.2 Å². The number of nitrogens with one attached hydrogen (secondary N) is 1. The minimum absolute atomic E-state index is 0.354. The van der Waals surface area contributed by atoms with E-state index in [1.165, 1.54) is 48.1 Å². The van der Waals surface area contributed by atoms with E-state index in [9.17, 15) is 28.0 Å². The molecule has 3 heterocycles. The molecule has 8 nitrogen and oxygen atoms in total. The van der Waals surface area contributed by atoms with Crippen molar-refractivity contribution >= 4 is 52.2 Å². The zero-order valence-electron chi connectivity index (χ0n) is 21.4. The highest BCUT2D eigenvalue weighted by molar-refractivity contribution is 8.00. The molecular weight excluding hydrogens is 572 g/mol. The van der Waals surface area contributed by atoms with E-state index in [0.29, 0.717) is 32.6 Å². The standard InChI is InChI=1S/C29H21F2N3O5S2/c1-39-20-12-10-19(11-13-20)34-26(36)23-22(15-2-4-16(30)5-3-15)25-28(40-24(23)27(34)37)33(29(38)41-25)14-21(35)32-18-8-6-17(31)7-9-18/h2-13,22-24H,14H2,1H3,(H,32,35)/t22-,23?,24?/m1/s1. The van der Waals surface area contributed by atoms with Crippen molar-refractivity contribution in [1.29, 1.82) is 0 Å². The Kier molecular flexibility index (Phi) is 6.96. The first kappa shape index (κ1) is 26.9. The van der Waals surface area contributed by atoms with Crippen molar-refractivity contribution in [1.82, 2.24) is 4.57 Å². The molecule has 12 heteroatoms. The Balaban J connectivity index is 1.39. The molecule has 1 fully saturated rings. The van der Waals surface area contributed by atoms with Crippen LogP contribution < -0.4 is 19.8 Å². The second-order valence-corrected chi connectivity index (χ2v) is 11.6. The van der Waals surface area contributed by atoms with Gasteiger partial charge in [-0.1, -0.05) is 35.2 Å². The van der Waals surface area contributed by atoms with Crippen LogP contribution in [-0.2, 0) is 20.9 Å². The molecule has 41 heavy (non-hydrogen) atoms. The summed E-state index contributed by atoms with van der Waals surface area (Å²) >= 11 is 1.97. The Morgan fingerprint density at radius 2 is 1.54 bits per heavy atom. The van der Waals surface area contributed by atoms with Gasteiger partial charge < -0.3 is 10.1 Å². The molecule has 1 aromatic heterocycles. The number of rotatable bonds is 6. The third kappa shape index (κ3) is 4.82. The molecule has 0 saturated carbocycles. The average Bonchev–Trinajstić information content (AvgIpc) is 3.41. The summed E-state index contributed by atoms with van der Waals surface area (Å²) in [6.07, 6.45) is 0. The normalized spacial score (nSPS) is 19.6. The number of aromatic nitrogens is 1. The molecule has 0 aliphatic carbocycles. The summed E-state index contributed by atoms with van der Waals surface area (Å²) in [5, 5.41) is 2.16. The van der Waals surface area contributed by atoms with Crippen LogP contribution in [0.25, 0.3) is 0 Å². The second-order valence-electron chi connectivity index (χ2n) is 9.48. The lowest BCUT2D eigenvalue weighted by molar-refractivity contribution is -0.122. The van der Waals surface area contributed by atoms with Gasteiger partial charge in [0, 0.05) is 16.5 Å². The van der Waals surface area contributed by atoms with Crippen LogP contribution in [0.5, 0.6) is 5.75 Å². The van der Waals surface area contributed by atoms with E-state index < -0.39 is 51.3 Å². The number of thiazole rings is 1. The number of anilines is 2. The molecule has 208 valence electrons. The topological polar surface area (TPSA) is 97.7 Å². The zero-order chi connectivity index (χ0) is 28.8. The highest BCUT2D eigenvalue weighted by atomic mass is 32.2. The molecule has 0 bridgehead atoms. The van der Waals surface area contributed by atoms with Gasteiger partial charge in [0.1, 0.15) is 29.2 Å². The number of amides is 3. The van der Waals surface area contributed by atoms with E-state index in [1.54, 1.807) is 36.4 Å². The van der Waals surface area contributed by atoms with Crippen molar-refractivity contribution in [2.24, 2.45) is 5.92 Å². The quantitative estimate of drug-likeness (QED) is 0.328. The first-order valence-electron chi connectivity index (χ1n) is 12.5. The molecule has 2 aliphatic rings. The molecule has 0 spiro atoms. The number of carbonyl (C=O) groups excluding carboxylic acids is 3. The molecule has 1 N–H and O–H groups in total. The maximum atomic E-state index is 13.9. The highest BCUT2D eigenvalue weighted by Gasteiger charge is 2.56. The first-order chi connectivity index (χ1) is 19.7. The molecule has 2 unspecified atom stereocenters. The Labute approximate surface area is 240 Å². The van der Waals surface area contributed by atoms with Crippen LogP contribution in [0.4, 0.5) is 20.2 Å². The summed E-state index contributed by atoms with van der Waals surface area (Å²) in [6, 6.07) is 17.4. The summed E-state index contributed by atoms with van der Waals surface area (Å²) in [5.41, 5.74) is 1.31. The van der Waals surface area contributed by atoms with E-state index in [0.717, 1.165) is 28.0 Å². The number of fused-ring (bicyclic) bond motifs is 2. The molecule has 0 radical (unpaired) electrons. The predicted molar refractivity (Wildman–Crippen MR) is 150 cm³/mol. The third-order valence-electron chi connectivity index (χ3n) is 7.04. The number of hydrogen-bond donors (Lipinski definition) is 1. The van der Waals surface area contributed by atoms with Crippen molar-refractivity contribution in [3.8, 4) is 5.75 Å². The molecule has 3 atom stereocenters. The maximum absolute atomic E-state index is 13.9. The molecule has 4 aromatic rings. The van der Waals surface area contributed by atoms with Crippen LogP contribution in [0.1, 0.15) is 16.4 Å². The van der Waals surface area contributed by atoms with Crippen LogP contribution >= 0.6 is 23.1 Å². The van der Waals surface area contributed by atoms with Gasteiger partial charge in [0.05, 0.1) is 23.7 Å². The van der Waals surface area contributed by atoms with Crippen molar-refractivity contribution in [2.45, 2.75) is 22.7 Å². The van der Waals surface area contributed by atoms with Gasteiger partial charge in [0.15, 0.2) is 0 Å². The summed E-state index contributed by atoms with van der Waals surface area (Å²) in [7, 11) is 1.51. The van der Waals surface area contributed by atoms with Crippen LogP contribution in [0, 0.1) is 17.6 Å². The fourth-order valence-corrected chi connectivity index (χ4v) is 7.92. The smallest absolute Gasteiger partial charge is 0.308 e. The Bertz CT molecular complexity index is 1720. The van der Waals surface area contributed by atoms with E-state index in [-0.39, 0.29) is 6.54 Å². The van der Waals surface area contributed by atoms with Gasteiger partial charge in [-0.3, -0.25) is 23.7 Å². The molecular formula is C29H21F2N3O5S2. The monoisotopic (exact) mass is 593 g/mol. The van der Waals surface area contributed by atoms with Crippen LogP contribution in [0.15, 0.2) is 82.6 Å². The van der Waals surface area contributed by atoms with Gasteiger partial charge in [-0.2, -0.15) is 0 Å². The van der Waals surface area contributed by atoms with E-state index >= 15 is 0 Å². The lowest BCUT2D eigenvalue weighted by Crippen LogP contribution is -2.33. The number of halogens is 2. The van der Waals surface area contributed by atoms with Gasteiger partial charge in [0.2, 0.25) is 17.7 Å². The van der Waals surface area contributed by atoms with Crippen molar-refractivity contribution in [2.75, 3.05) is 17.3 Å². The number of imide groups is 1. The number of ether oxygens (including phenoxy) is 1. The minimum Gasteiger partial charge on any atom is -0.497 e. The van der Waals surface area contributed by atoms with Crippen LogP contribution in [-0.4, -0.2) is 34.6 Å². The van der Waals surface area contributed by atoms with Crippen LogP contribution in [0.3, 0.4) is 0 Å². The highest BCUT2D eigenvalue weighted by Crippen LogP contribution is 2.53. The fraction of sp³-hybridized carbons (Fsp3) is 0.172. The summed E-state index contributed by atoms with van der Waals surface area (Å²) < 4.78 is 33.6. The zero-order valence-corrected chi connectivity index (χ0v) is 23.0. The van der Waals surface area contributed by atoms with E-state index in [1.807, 2.05) is 0 Å². The summed E-state index contributed by atoms with van der Waals surface area (Å²) in [5.74, 6) is -3.32. The van der Waals surface area contributed by atoms with E-state index in [4.69, 9.17) is 4.74 Å². The Hall–Kier alpha value is -4.29. The molecule has 2 aliphatic heterocycles. The predicted octanol–water partition coefficient (Wildman–Crippen LogP) is 4.63. The van der Waals surface area contributed by atoms with E-state index in [2.05, 4.69) is 5.32 Å². The Morgan fingerprint density at radius 1 is 0.902 bits per heavy atom. The summed E-state index contributed by atoms with van der Waals surface area (Å²) in [4.78, 5) is 54.9.